The van der Waals surface area contributed by atoms with Gasteiger partial charge in [-0.05, 0) is 45.5 Å². The van der Waals surface area contributed by atoms with Crippen molar-refractivity contribution in [1.82, 2.24) is 15.3 Å². The molecular weight excluding hydrogens is 332 g/mol. The Morgan fingerprint density at radius 3 is 2.69 bits per heavy atom. The molecule has 2 aromatic rings. The molecule has 0 unspecified atom stereocenters. The first-order valence-electron chi connectivity index (χ1n) is 8.57. The molecule has 0 aliphatic heterocycles. The number of amides is 2. The summed E-state index contributed by atoms with van der Waals surface area (Å²) in [4.78, 5) is 20.7. The summed E-state index contributed by atoms with van der Waals surface area (Å²) in [5.74, 6) is 1.61. The molecule has 0 bridgehead atoms. The molecule has 8 nitrogen and oxygen atoms in total. The van der Waals surface area contributed by atoms with E-state index in [4.69, 9.17) is 4.74 Å². The van der Waals surface area contributed by atoms with Crippen LogP contribution in [0.3, 0.4) is 0 Å². The van der Waals surface area contributed by atoms with Crippen molar-refractivity contribution in [2.75, 3.05) is 43.2 Å². The summed E-state index contributed by atoms with van der Waals surface area (Å²) < 4.78 is 5.14. The van der Waals surface area contributed by atoms with Gasteiger partial charge in [-0.15, -0.1) is 0 Å². The second-order valence-corrected chi connectivity index (χ2v) is 5.77. The Labute approximate surface area is 153 Å². The molecule has 4 N–H and O–H groups in total. The Morgan fingerprint density at radius 2 is 1.92 bits per heavy atom. The maximum Gasteiger partial charge on any atom is 0.326 e. The lowest BCUT2D eigenvalue weighted by molar-refractivity contribution is 0.262. The van der Waals surface area contributed by atoms with Gasteiger partial charge in [-0.1, -0.05) is 6.07 Å². The van der Waals surface area contributed by atoms with Crippen LogP contribution in [0.4, 0.5) is 22.2 Å². The largest absolute Gasteiger partial charge is 0.497 e. The van der Waals surface area contributed by atoms with Crippen molar-refractivity contribution in [3.8, 4) is 5.75 Å². The highest BCUT2D eigenvalue weighted by molar-refractivity contribution is 5.98. The molecule has 140 valence electrons. The lowest BCUT2D eigenvalue weighted by Gasteiger charge is -2.10. The molecule has 2 rings (SSSR count). The molecule has 2 amide bonds. The smallest absolute Gasteiger partial charge is 0.326 e. The van der Waals surface area contributed by atoms with Crippen molar-refractivity contribution in [3.63, 3.8) is 0 Å². The van der Waals surface area contributed by atoms with Gasteiger partial charge in [-0.3, -0.25) is 5.32 Å². The van der Waals surface area contributed by atoms with E-state index in [-0.39, 0.29) is 5.95 Å². The maximum absolute atomic E-state index is 12.2. The number of unbranched alkanes of at least 4 members (excludes halogenated alkanes) is 1. The zero-order chi connectivity index (χ0) is 18.8. The van der Waals surface area contributed by atoms with Crippen LogP contribution in [0.5, 0.6) is 5.75 Å². The van der Waals surface area contributed by atoms with Crippen LogP contribution < -0.4 is 26.0 Å². The van der Waals surface area contributed by atoms with Crippen LogP contribution in [0.2, 0.25) is 0 Å². The second-order valence-electron chi connectivity index (χ2n) is 5.77. The van der Waals surface area contributed by atoms with Crippen molar-refractivity contribution < 1.29 is 9.53 Å². The number of nitrogens with zero attached hydrogens (tertiary/aromatic N) is 2. The summed E-state index contributed by atoms with van der Waals surface area (Å²) in [5.41, 5.74) is 1.40. The third-order valence-corrected chi connectivity index (χ3v) is 3.57. The van der Waals surface area contributed by atoms with Crippen LogP contribution in [0, 0.1) is 6.92 Å². The van der Waals surface area contributed by atoms with Crippen molar-refractivity contribution >= 4 is 23.5 Å². The van der Waals surface area contributed by atoms with Gasteiger partial charge in [-0.2, -0.15) is 4.98 Å². The fraction of sp³-hybridized carbons (Fsp3) is 0.389. The Hall–Kier alpha value is -2.87. The number of carbonyl (C=O) groups excluding carboxylic acids is 1. The topological polar surface area (TPSA) is 100 Å². The Bertz CT molecular complexity index is 723. The van der Waals surface area contributed by atoms with Crippen molar-refractivity contribution in [2.24, 2.45) is 0 Å². The van der Waals surface area contributed by atoms with Gasteiger partial charge in [0.15, 0.2) is 0 Å². The number of urea groups is 1. The number of hydrogen-bond acceptors (Lipinski definition) is 6. The predicted molar refractivity (Wildman–Crippen MR) is 104 cm³/mol. The first kappa shape index (κ1) is 19.5. The number of ether oxygens (including phenoxy) is 1. The van der Waals surface area contributed by atoms with Gasteiger partial charge < -0.3 is 20.7 Å². The average Bonchev–Trinajstić information content (AvgIpc) is 2.61. The summed E-state index contributed by atoms with van der Waals surface area (Å²) >= 11 is 0. The standard InChI is InChI=1S/C18H26N6O2/c1-13-11-16(20-10-5-4-9-19-2)23-17(21-13)24-18(25)22-14-7-6-8-15(12-14)26-3/h6-8,11-12,19H,4-5,9-10H2,1-3H3,(H3,20,21,22,23,24,25). The number of benzene rings is 1. The minimum atomic E-state index is -0.413. The summed E-state index contributed by atoms with van der Waals surface area (Å²) in [5, 5.41) is 11.8. The van der Waals surface area contributed by atoms with E-state index in [2.05, 4.69) is 31.2 Å². The second kappa shape index (κ2) is 10.2. The quantitative estimate of drug-likeness (QED) is 0.514. The van der Waals surface area contributed by atoms with Gasteiger partial charge in [0.1, 0.15) is 11.6 Å². The molecule has 0 atom stereocenters. The number of aryl methyl sites for hydroxylation is 1. The Kier molecular flexibility index (Phi) is 7.63. The van der Waals surface area contributed by atoms with Gasteiger partial charge >= 0.3 is 6.03 Å². The molecule has 0 aliphatic carbocycles. The lowest BCUT2D eigenvalue weighted by atomic mass is 10.3. The van der Waals surface area contributed by atoms with Crippen molar-refractivity contribution in [3.05, 3.63) is 36.0 Å². The monoisotopic (exact) mass is 358 g/mol. The van der Waals surface area contributed by atoms with Gasteiger partial charge in [0.25, 0.3) is 0 Å². The molecule has 0 fully saturated rings. The van der Waals surface area contributed by atoms with E-state index in [0.717, 1.165) is 31.6 Å². The minimum absolute atomic E-state index is 0.253. The number of methoxy groups -OCH3 is 1. The average molecular weight is 358 g/mol. The van der Waals surface area contributed by atoms with Crippen LogP contribution in [0.25, 0.3) is 0 Å². The Morgan fingerprint density at radius 1 is 1.12 bits per heavy atom. The number of rotatable bonds is 9. The van der Waals surface area contributed by atoms with E-state index in [1.165, 1.54) is 0 Å². The first-order valence-corrected chi connectivity index (χ1v) is 8.57. The zero-order valence-electron chi connectivity index (χ0n) is 15.4. The summed E-state index contributed by atoms with van der Waals surface area (Å²) in [7, 11) is 3.52. The fourth-order valence-electron chi connectivity index (χ4n) is 2.32. The number of carbonyl (C=O) groups is 1. The molecule has 0 spiro atoms. The molecule has 0 aliphatic rings. The molecule has 1 heterocycles. The van der Waals surface area contributed by atoms with E-state index in [0.29, 0.717) is 17.3 Å². The normalized spacial score (nSPS) is 10.3. The fourth-order valence-corrected chi connectivity index (χ4v) is 2.32. The van der Waals surface area contributed by atoms with E-state index < -0.39 is 6.03 Å². The molecule has 1 aromatic carbocycles. The van der Waals surface area contributed by atoms with Crippen molar-refractivity contribution in [2.45, 2.75) is 19.8 Å². The summed E-state index contributed by atoms with van der Waals surface area (Å²) in [6.45, 7) is 3.66. The number of nitrogens with one attached hydrogen (secondary N) is 4. The third-order valence-electron chi connectivity index (χ3n) is 3.57. The highest BCUT2D eigenvalue weighted by Gasteiger charge is 2.08. The SMILES string of the molecule is CNCCCCNc1cc(C)nc(NC(=O)Nc2cccc(OC)c2)n1. The van der Waals surface area contributed by atoms with E-state index in [9.17, 15) is 4.79 Å². The molecule has 26 heavy (non-hydrogen) atoms. The first-order chi connectivity index (χ1) is 12.6. The highest BCUT2D eigenvalue weighted by atomic mass is 16.5. The van der Waals surface area contributed by atoms with Crippen molar-refractivity contribution in [1.29, 1.82) is 0 Å². The zero-order valence-corrected chi connectivity index (χ0v) is 15.4. The molecule has 0 radical (unpaired) electrons. The Balaban J connectivity index is 1.92. The van der Waals surface area contributed by atoms with E-state index >= 15 is 0 Å². The summed E-state index contributed by atoms with van der Waals surface area (Å²) in [6.07, 6.45) is 2.12. The van der Waals surface area contributed by atoms with Crippen LogP contribution in [-0.2, 0) is 0 Å². The highest BCUT2D eigenvalue weighted by Crippen LogP contribution is 2.17. The van der Waals surface area contributed by atoms with Crippen LogP contribution in [0.1, 0.15) is 18.5 Å². The number of anilines is 3. The minimum Gasteiger partial charge on any atom is -0.497 e. The number of aromatic nitrogens is 2. The van der Waals surface area contributed by atoms with Gasteiger partial charge in [0, 0.05) is 30.1 Å². The molecule has 0 saturated heterocycles. The van der Waals surface area contributed by atoms with Crippen LogP contribution in [-0.4, -0.2) is 43.2 Å². The van der Waals surface area contributed by atoms with Gasteiger partial charge in [-0.25, -0.2) is 9.78 Å². The predicted octanol–water partition coefficient (Wildman–Crippen LogP) is 2.85. The number of hydrogen-bond donors (Lipinski definition) is 4. The summed E-state index contributed by atoms with van der Waals surface area (Å²) in [6, 6.07) is 8.55. The van der Waals surface area contributed by atoms with E-state index in [1.54, 1.807) is 31.4 Å². The lowest BCUT2D eigenvalue weighted by Crippen LogP contribution is -2.21. The van der Waals surface area contributed by atoms with Crippen LogP contribution in [0.15, 0.2) is 30.3 Å². The molecule has 1 aromatic heterocycles. The molecule has 8 heteroatoms. The molecule has 0 saturated carbocycles. The van der Waals surface area contributed by atoms with Crippen LogP contribution >= 0.6 is 0 Å². The van der Waals surface area contributed by atoms with E-state index in [1.807, 2.05) is 20.0 Å². The molecular formula is C18H26N6O2. The van der Waals surface area contributed by atoms with Gasteiger partial charge in [0.2, 0.25) is 5.95 Å². The third kappa shape index (κ3) is 6.56. The maximum atomic E-state index is 12.2. The van der Waals surface area contributed by atoms with Gasteiger partial charge in [0.05, 0.1) is 7.11 Å².